The number of carbonyl (C=O) groups is 1. The Labute approximate surface area is 137 Å². The third-order valence-corrected chi connectivity index (χ3v) is 6.54. The fraction of sp³-hybridized carbons (Fsp3) is 0.562. The van der Waals surface area contributed by atoms with E-state index >= 15 is 0 Å². The van der Waals surface area contributed by atoms with Crippen LogP contribution in [-0.4, -0.2) is 44.3 Å². The number of primary amides is 1. The molecule has 2 aliphatic rings. The van der Waals surface area contributed by atoms with Crippen LogP contribution in [0, 0.1) is 5.92 Å². The Morgan fingerprint density at radius 1 is 1.13 bits per heavy atom. The van der Waals surface area contributed by atoms with Gasteiger partial charge in [-0.3, -0.25) is 4.79 Å². The second kappa shape index (κ2) is 6.59. The molecule has 1 saturated carbocycles. The average Bonchev–Trinajstić information content (AvgIpc) is 3.38. The van der Waals surface area contributed by atoms with Gasteiger partial charge in [0.15, 0.2) is 0 Å². The molecule has 1 amide bonds. The van der Waals surface area contributed by atoms with E-state index in [-0.39, 0.29) is 4.90 Å². The number of nitrogens with zero attached hydrogens (tertiary/aromatic N) is 1. The predicted molar refractivity (Wildman–Crippen MR) is 87.5 cm³/mol. The molecule has 0 aromatic heterocycles. The SMILES string of the molecule is NC(=O)c1ccc(S(=O)(=O)N2CCC(NCC3CC3)CC2)cc1. The lowest BCUT2D eigenvalue weighted by atomic mass is 10.1. The van der Waals surface area contributed by atoms with Gasteiger partial charge in [-0.15, -0.1) is 0 Å². The van der Waals surface area contributed by atoms with Crippen LogP contribution in [0.1, 0.15) is 36.0 Å². The van der Waals surface area contributed by atoms with E-state index in [2.05, 4.69) is 5.32 Å². The number of benzene rings is 1. The Hall–Kier alpha value is -1.44. The van der Waals surface area contributed by atoms with Crippen molar-refractivity contribution >= 4 is 15.9 Å². The van der Waals surface area contributed by atoms with E-state index in [9.17, 15) is 13.2 Å². The number of nitrogens with one attached hydrogen (secondary N) is 1. The molecule has 3 rings (SSSR count). The summed E-state index contributed by atoms with van der Waals surface area (Å²) in [6.45, 7) is 2.12. The standard InChI is InChI=1S/C16H23N3O3S/c17-16(20)13-3-5-15(6-4-13)23(21,22)19-9-7-14(8-10-19)18-11-12-1-2-12/h3-6,12,14,18H,1-2,7-11H2,(H2,17,20). The summed E-state index contributed by atoms with van der Waals surface area (Å²) in [6, 6.07) is 6.23. The molecule has 0 radical (unpaired) electrons. The third kappa shape index (κ3) is 3.91. The summed E-state index contributed by atoms with van der Waals surface area (Å²) in [5, 5.41) is 3.54. The van der Waals surface area contributed by atoms with E-state index in [1.165, 1.54) is 41.4 Å². The summed E-state index contributed by atoms with van der Waals surface area (Å²) in [5.74, 6) is 0.275. The Morgan fingerprint density at radius 2 is 1.74 bits per heavy atom. The number of sulfonamides is 1. The van der Waals surface area contributed by atoms with Crippen molar-refractivity contribution in [2.45, 2.75) is 36.6 Å². The van der Waals surface area contributed by atoms with Crippen molar-refractivity contribution in [1.82, 2.24) is 9.62 Å². The Bertz CT molecular complexity index is 660. The molecule has 1 aliphatic carbocycles. The lowest BCUT2D eigenvalue weighted by molar-refractivity contribution is 0.1000. The van der Waals surface area contributed by atoms with E-state index in [1.807, 2.05) is 0 Å². The van der Waals surface area contributed by atoms with Crippen LogP contribution in [0.4, 0.5) is 0 Å². The lowest BCUT2D eigenvalue weighted by Gasteiger charge is -2.31. The fourth-order valence-electron chi connectivity index (χ4n) is 2.90. The number of rotatable bonds is 6. The molecule has 1 aliphatic heterocycles. The van der Waals surface area contributed by atoms with Gasteiger partial charge in [0.2, 0.25) is 15.9 Å². The van der Waals surface area contributed by atoms with Gasteiger partial charge in [-0.1, -0.05) is 0 Å². The van der Waals surface area contributed by atoms with Crippen molar-refractivity contribution in [3.8, 4) is 0 Å². The zero-order valence-corrected chi connectivity index (χ0v) is 13.9. The molecule has 1 aromatic carbocycles. The molecule has 2 fully saturated rings. The molecule has 0 bridgehead atoms. The molecular weight excluding hydrogens is 314 g/mol. The topological polar surface area (TPSA) is 92.5 Å². The smallest absolute Gasteiger partial charge is 0.248 e. The Kier molecular flexibility index (Phi) is 4.70. The molecule has 1 aromatic rings. The predicted octanol–water partition coefficient (Wildman–Crippen LogP) is 0.938. The van der Waals surface area contributed by atoms with Crippen LogP contribution in [0.3, 0.4) is 0 Å². The van der Waals surface area contributed by atoms with E-state index in [0.717, 1.165) is 25.3 Å². The number of hydrogen-bond acceptors (Lipinski definition) is 4. The average molecular weight is 337 g/mol. The van der Waals surface area contributed by atoms with E-state index < -0.39 is 15.9 Å². The van der Waals surface area contributed by atoms with Gasteiger partial charge in [0, 0.05) is 24.7 Å². The van der Waals surface area contributed by atoms with Gasteiger partial charge in [-0.2, -0.15) is 4.31 Å². The van der Waals surface area contributed by atoms with Crippen LogP contribution in [0.2, 0.25) is 0 Å². The number of hydrogen-bond donors (Lipinski definition) is 2. The van der Waals surface area contributed by atoms with Crippen LogP contribution in [0.5, 0.6) is 0 Å². The lowest BCUT2D eigenvalue weighted by Crippen LogP contribution is -2.45. The Balaban J connectivity index is 1.60. The summed E-state index contributed by atoms with van der Waals surface area (Å²) >= 11 is 0. The molecular formula is C16H23N3O3S. The van der Waals surface area contributed by atoms with Crippen LogP contribution >= 0.6 is 0 Å². The molecule has 126 valence electrons. The second-order valence-corrected chi connectivity index (χ2v) is 8.36. The largest absolute Gasteiger partial charge is 0.366 e. The minimum atomic E-state index is -3.49. The zero-order chi connectivity index (χ0) is 16.4. The van der Waals surface area contributed by atoms with Crippen molar-refractivity contribution in [3.05, 3.63) is 29.8 Å². The van der Waals surface area contributed by atoms with Crippen molar-refractivity contribution < 1.29 is 13.2 Å². The van der Waals surface area contributed by atoms with Crippen LogP contribution in [-0.2, 0) is 10.0 Å². The first-order chi connectivity index (χ1) is 11.0. The first kappa shape index (κ1) is 16.4. The van der Waals surface area contributed by atoms with Gasteiger partial charge in [-0.25, -0.2) is 8.42 Å². The van der Waals surface area contributed by atoms with Crippen LogP contribution in [0.25, 0.3) is 0 Å². The summed E-state index contributed by atoms with van der Waals surface area (Å²) in [6.07, 6.45) is 4.32. The highest BCUT2D eigenvalue weighted by atomic mass is 32.2. The summed E-state index contributed by atoms with van der Waals surface area (Å²) in [4.78, 5) is 11.3. The molecule has 0 spiro atoms. The maximum atomic E-state index is 12.6. The summed E-state index contributed by atoms with van der Waals surface area (Å²) in [7, 11) is -3.49. The van der Waals surface area contributed by atoms with Crippen molar-refractivity contribution in [1.29, 1.82) is 0 Å². The first-order valence-corrected chi connectivity index (χ1v) is 9.54. The van der Waals surface area contributed by atoms with Crippen LogP contribution < -0.4 is 11.1 Å². The third-order valence-electron chi connectivity index (χ3n) is 4.62. The molecule has 0 atom stereocenters. The number of amides is 1. The summed E-state index contributed by atoms with van der Waals surface area (Å²) in [5.41, 5.74) is 5.49. The first-order valence-electron chi connectivity index (χ1n) is 8.10. The van der Waals surface area contributed by atoms with Crippen LogP contribution in [0.15, 0.2) is 29.2 Å². The highest BCUT2D eigenvalue weighted by Crippen LogP contribution is 2.28. The highest BCUT2D eigenvalue weighted by Gasteiger charge is 2.30. The molecule has 0 unspecified atom stereocenters. The molecule has 1 heterocycles. The quantitative estimate of drug-likeness (QED) is 0.808. The Morgan fingerprint density at radius 3 is 2.26 bits per heavy atom. The number of carbonyl (C=O) groups excluding carboxylic acids is 1. The van der Waals surface area contributed by atoms with E-state index in [0.29, 0.717) is 24.7 Å². The van der Waals surface area contributed by atoms with Crippen molar-refractivity contribution in [2.24, 2.45) is 11.7 Å². The molecule has 1 saturated heterocycles. The van der Waals surface area contributed by atoms with Gasteiger partial charge in [-0.05, 0) is 62.4 Å². The number of nitrogens with two attached hydrogens (primary N) is 1. The molecule has 3 N–H and O–H groups in total. The normalized spacial score (nSPS) is 20.5. The number of piperidine rings is 1. The van der Waals surface area contributed by atoms with E-state index in [4.69, 9.17) is 5.73 Å². The second-order valence-electron chi connectivity index (χ2n) is 6.42. The molecule has 6 nitrogen and oxygen atoms in total. The monoisotopic (exact) mass is 337 g/mol. The van der Waals surface area contributed by atoms with Gasteiger partial charge >= 0.3 is 0 Å². The minimum absolute atomic E-state index is 0.215. The van der Waals surface area contributed by atoms with Gasteiger partial charge in [0.05, 0.1) is 4.90 Å². The summed E-state index contributed by atoms with van der Waals surface area (Å²) < 4.78 is 26.8. The zero-order valence-electron chi connectivity index (χ0n) is 13.1. The van der Waals surface area contributed by atoms with Gasteiger partial charge in [0.1, 0.15) is 0 Å². The van der Waals surface area contributed by atoms with E-state index in [1.54, 1.807) is 0 Å². The molecule has 23 heavy (non-hydrogen) atoms. The highest BCUT2D eigenvalue weighted by molar-refractivity contribution is 7.89. The van der Waals surface area contributed by atoms with Crippen molar-refractivity contribution in [3.63, 3.8) is 0 Å². The van der Waals surface area contributed by atoms with Crippen molar-refractivity contribution in [2.75, 3.05) is 19.6 Å². The molecule has 7 heteroatoms. The van der Waals surface area contributed by atoms with Gasteiger partial charge < -0.3 is 11.1 Å². The fourth-order valence-corrected chi connectivity index (χ4v) is 4.37. The maximum absolute atomic E-state index is 12.6. The van der Waals surface area contributed by atoms with Gasteiger partial charge in [0.25, 0.3) is 0 Å². The maximum Gasteiger partial charge on any atom is 0.248 e. The minimum Gasteiger partial charge on any atom is -0.366 e.